The second-order valence-corrected chi connectivity index (χ2v) is 5.61. The fraction of sp³-hybridized carbons (Fsp3) is 0.312. The normalized spacial score (nSPS) is 12.1. The van der Waals surface area contributed by atoms with Crippen LogP contribution in [0.25, 0.3) is 0 Å². The van der Waals surface area contributed by atoms with Crippen molar-refractivity contribution in [2.45, 2.75) is 13.0 Å². The van der Waals surface area contributed by atoms with Gasteiger partial charge in [0.15, 0.2) is 0 Å². The Morgan fingerprint density at radius 1 is 1.30 bits per heavy atom. The molecule has 20 heavy (non-hydrogen) atoms. The molecule has 104 valence electrons. The first-order valence-corrected chi connectivity index (χ1v) is 7.46. The summed E-state index contributed by atoms with van der Waals surface area (Å²) in [6.45, 7) is 3.58. The Hall–Kier alpha value is -1.83. The molecule has 0 fully saturated rings. The smallest absolute Gasteiger partial charge is 0.137 e. The number of likely N-dealkylation sites (N-methyl/N-ethyl adjacent to an activating group) is 1. The highest BCUT2D eigenvalue weighted by Crippen LogP contribution is 2.23. The first-order valence-electron chi connectivity index (χ1n) is 6.58. The van der Waals surface area contributed by atoms with E-state index in [4.69, 9.17) is 10.00 Å². The molecule has 1 unspecified atom stereocenters. The molecule has 0 bridgehead atoms. The van der Waals surface area contributed by atoms with Gasteiger partial charge in [-0.1, -0.05) is 18.2 Å². The Morgan fingerprint density at radius 3 is 2.80 bits per heavy atom. The van der Waals surface area contributed by atoms with Gasteiger partial charge in [0.05, 0.1) is 5.56 Å². The molecule has 1 aromatic carbocycles. The monoisotopic (exact) mass is 286 g/mol. The first kappa shape index (κ1) is 14.6. The molecule has 0 aliphatic rings. The van der Waals surface area contributed by atoms with E-state index in [0.717, 1.165) is 6.54 Å². The largest absolute Gasteiger partial charge is 0.491 e. The van der Waals surface area contributed by atoms with E-state index in [2.05, 4.69) is 42.5 Å². The van der Waals surface area contributed by atoms with Crippen LogP contribution in [0.3, 0.4) is 0 Å². The van der Waals surface area contributed by atoms with Crippen LogP contribution in [0.5, 0.6) is 5.75 Å². The van der Waals surface area contributed by atoms with Crippen LogP contribution >= 0.6 is 11.3 Å². The predicted molar refractivity (Wildman–Crippen MR) is 82.0 cm³/mol. The number of rotatable bonds is 6. The fourth-order valence-corrected chi connectivity index (χ4v) is 2.77. The lowest BCUT2D eigenvalue weighted by Crippen LogP contribution is -2.26. The van der Waals surface area contributed by atoms with Crippen molar-refractivity contribution in [1.82, 2.24) is 4.90 Å². The summed E-state index contributed by atoms with van der Waals surface area (Å²) in [5.74, 6) is 0.659. The summed E-state index contributed by atoms with van der Waals surface area (Å²) in [5, 5.41) is 11.1. The third-order valence-electron chi connectivity index (χ3n) is 3.33. The average Bonchev–Trinajstić information content (AvgIpc) is 3.01. The highest BCUT2D eigenvalue weighted by atomic mass is 32.1. The SMILES string of the molecule is CC(c1cccs1)N(C)CCOc1ccccc1C#N. The average molecular weight is 286 g/mol. The predicted octanol–water partition coefficient (Wildman–Crippen LogP) is 3.69. The van der Waals surface area contributed by atoms with Crippen LogP contribution < -0.4 is 4.74 Å². The zero-order valence-corrected chi connectivity index (χ0v) is 12.6. The van der Waals surface area contributed by atoms with Crippen molar-refractivity contribution in [3.8, 4) is 11.8 Å². The summed E-state index contributed by atoms with van der Waals surface area (Å²) in [4.78, 5) is 3.60. The third-order valence-corrected chi connectivity index (χ3v) is 4.37. The maximum atomic E-state index is 9.00. The van der Waals surface area contributed by atoms with Crippen LogP contribution in [0.4, 0.5) is 0 Å². The molecule has 4 heteroatoms. The molecule has 2 rings (SSSR count). The van der Waals surface area contributed by atoms with Gasteiger partial charge in [-0.25, -0.2) is 0 Å². The van der Waals surface area contributed by atoms with Gasteiger partial charge < -0.3 is 4.74 Å². The Balaban J connectivity index is 1.85. The molecule has 0 N–H and O–H groups in total. The number of hydrogen-bond acceptors (Lipinski definition) is 4. The summed E-state index contributed by atoms with van der Waals surface area (Å²) >= 11 is 1.77. The molecule has 1 heterocycles. The lowest BCUT2D eigenvalue weighted by atomic mass is 10.2. The highest BCUT2D eigenvalue weighted by molar-refractivity contribution is 7.10. The molecule has 0 amide bonds. The number of nitriles is 1. The lowest BCUT2D eigenvalue weighted by Gasteiger charge is -2.23. The van der Waals surface area contributed by atoms with Crippen LogP contribution in [0.1, 0.15) is 23.4 Å². The van der Waals surface area contributed by atoms with Gasteiger partial charge in [0.2, 0.25) is 0 Å². The van der Waals surface area contributed by atoms with E-state index in [-0.39, 0.29) is 0 Å². The topological polar surface area (TPSA) is 36.3 Å². The molecule has 1 atom stereocenters. The van der Waals surface area contributed by atoms with Gasteiger partial charge in [-0.15, -0.1) is 11.3 Å². The zero-order chi connectivity index (χ0) is 14.4. The Bertz CT molecular complexity index is 574. The number of hydrogen-bond donors (Lipinski definition) is 0. The van der Waals surface area contributed by atoms with Gasteiger partial charge in [0.25, 0.3) is 0 Å². The van der Waals surface area contributed by atoms with Crippen LogP contribution in [-0.2, 0) is 0 Å². The van der Waals surface area contributed by atoms with Crippen molar-refractivity contribution in [3.63, 3.8) is 0 Å². The maximum absolute atomic E-state index is 9.00. The summed E-state index contributed by atoms with van der Waals surface area (Å²) < 4.78 is 5.71. The van der Waals surface area contributed by atoms with Crippen molar-refractivity contribution in [2.24, 2.45) is 0 Å². The van der Waals surface area contributed by atoms with Crippen molar-refractivity contribution in [1.29, 1.82) is 5.26 Å². The zero-order valence-electron chi connectivity index (χ0n) is 11.7. The molecular weight excluding hydrogens is 268 g/mol. The van der Waals surface area contributed by atoms with Gasteiger partial charge in [-0.2, -0.15) is 5.26 Å². The summed E-state index contributed by atoms with van der Waals surface area (Å²) in [6, 6.07) is 14.1. The maximum Gasteiger partial charge on any atom is 0.137 e. The molecule has 0 aliphatic carbocycles. The quantitative estimate of drug-likeness (QED) is 0.812. The van der Waals surface area contributed by atoms with Gasteiger partial charge in [0.1, 0.15) is 18.4 Å². The Labute approximate surface area is 124 Å². The number of ether oxygens (including phenoxy) is 1. The number of thiophene rings is 1. The molecule has 0 radical (unpaired) electrons. The molecule has 0 aliphatic heterocycles. The standard InChI is InChI=1S/C16H18N2OS/c1-13(16-8-5-11-20-16)18(2)9-10-19-15-7-4-3-6-14(15)12-17/h3-8,11,13H,9-10H2,1-2H3. The van der Waals surface area contributed by atoms with E-state index in [9.17, 15) is 0 Å². The van der Waals surface area contributed by atoms with Gasteiger partial charge in [0, 0.05) is 17.5 Å². The second-order valence-electron chi connectivity index (χ2n) is 4.63. The minimum atomic E-state index is 0.379. The molecule has 3 nitrogen and oxygen atoms in total. The Morgan fingerprint density at radius 2 is 2.10 bits per heavy atom. The minimum Gasteiger partial charge on any atom is -0.491 e. The molecule has 0 spiro atoms. The summed E-state index contributed by atoms with van der Waals surface area (Å²) in [7, 11) is 2.09. The van der Waals surface area contributed by atoms with Gasteiger partial charge in [-0.05, 0) is 37.6 Å². The fourth-order valence-electron chi connectivity index (χ4n) is 1.92. The summed E-state index contributed by atoms with van der Waals surface area (Å²) in [5.41, 5.74) is 0.585. The van der Waals surface area contributed by atoms with Crippen LogP contribution in [0.15, 0.2) is 41.8 Å². The molecule has 0 saturated carbocycles. The van der Waals surface area contributed by atoms with Crippen LogP contribution in [-0.4, -0.2) is 25.1 Å². The van der Waals surface area contributed by atoms with E-state index in [1.165, 1.54) is 4.88 Å². The van der Waals surface area contributed by atoms with E-state index < -0.39 is 0 Å². The molecule has 0 saturated heterocycles. The summed E-state index contributed by atoms with van der Waals surface area (Å²) in [6.07, 6.45) is 0. The van der Waals surface area contributed by atoms with Crippen molar-refractivity contribution in [3.05, 3.63) is 52.2 Å². The molecule has 2 aromatic rings. The number of nitrogens with zero attached hydrogens (tertiary/aromatic N) is 2. The van der Waals surface area contributed by atoms with E-state index >= 15 is 0 Å². The number of para-hydroxylation sites is 1. The van der Waals surface area contributed by atoms with E-state index in [0.29, 0.717) is 24.0 Å². The van der Waals surface area contributed by atoms with Gasteiger partial charge in [-0.3, -0.25) is 4.90 Å². The van der Waals surface area contributed by atoms with Gasteiger partial charge >= 0.3 is 0 Å². The minimum absolute atomic E-state index is 0.379. The molecule has 1 aromatic heterocycles. The molecular formula is C16H18N2OS. The van der Waals surface area contributed by atoms with Crippen molar-refractivity contribution in [2.75, 3.05) is 20.2 Å². The third kappa shape index (κ3) is 3.60. The highest BCUT2D eigenvalue weighted by Gasteiger charge is 2.12. The lowest BCUT2D eigenvalue weighted by molar-refractivity contribution is 0.202. The van der Waals surface area contributed by atoms with Crippen molar-refractivity contribution >= 4 is 11.3 Å². The number of benzene rings is 1. The first-order chi connectivity index (χ1) is 9.72. The van der Waals surface area contributed by atoms with Crippen LogP contribution in [0.2, 0.25) is 0 Å². The van der Waals surface area contributed by atoms with E-state index in [1.807, 2.05) is 18.2 Å². The van der Waals surface area contributed by atoms with Crippen LogP contribution in [0, 0.1) is 11.3 Å². The van der Waals surface area contributed by atoms with E-state index in [1.54, 1.807) is 17.4 Å². The second kappa shape index (κ2) is 7.09. The van der Waals surface area contributed by atoms with Crippen molar-refractivity contribution < 1.29 is 4.74 Å². The Kier molecular flexibility index (Phi) is 5.16.